The van der Waals surface area contributed by atoms with Crippen LogP contribution >= 0.6 is 0 Å². The predicted octanol–water partition coefficient (Wildman–Crippen LogP) is 1.45. The largest absolute Gasteiger partial charge is 0.510 e. The monoisotopic (exact) mass is 466 g/mol. The van der Waals surface area contributed by atoms with Gasteiger partial charge in [0, 0.05) is 17.7 Å². The topological polar surface area (TPSA) is 210 Å². The summed E-state index contributed by atoms with van der Waals surface area (Å²) in [7, 11) is 0. The quantitative estimate of drug-likeness (QED) is 0.300. The number of hydrogen-bond donors (Lipinski definition) is 8. The van der Waals surface area contributed by atoms with Gasteiger partial charge in [-0.05, 0) is 42.0 Å². The van der Waals surface area contributed by atoms with Crippen LogP contribution in [0.4, 0.5) is 10.5 Å². The summed E-state index contributed by atoms with van der Waals surface area (Å²) in [6, 6.07) is 9.70. The van der Waals surface area contributed by atoms with E-state index in [1.807, 2.05) is 0 Å². The molecule has 2 aromatic rings. The Morgan fingerprint density at radius 1 is 1.03 bits per heavy atom. The summed E-state index contributed by atoms with van der Waals surface area (Å²) in [6.45, 7) is 0. The molecule has 0 radical (unpaired) electrons. The highest BCUT2D eigenvalue weighted by atomic mass is 16.4. The van der Waals surface area contributed by atoms with Crippen molar-refractivity contribution in [3.05, 3.63) is 71.1 Å². The van der Waals surface area contributed by atoms with Crippen molar-refractivity contribution in [2.75, 3.05) is 5.32 Å². The number of carboxylic acids is 1. The molecule has 0 saturated heterocycles. The lowest BCUT2D eigenvalue weighted by molar-refractivity contribution is -0.139. The molecule has 9 N–H and O–H groups in total. The zero-order valence-corrected chi connectivity index (χ0v) is 17.7. The molecule has 0 bridgehead atoms. The van der Waals surface area contributed by atoms with Gasteiger partial charge in [0.1, 0.15) is 29.1 Å². The Hall–Kier alpha value is -4.87. The van der Waals surface area contributed by atoms with Gasteiger partial charge in [-0.2, -0.15) is 0 Å². The number of hydrogen-bond acceptors (Lipinski definition) is 7. The van der Waals surface area contributed by atoms with Crippen LogP contribution in [0.3, 0.4) is 0 Å². The Kier molecular flexibility index (Phi) is 7.11. The Labute approximate surface area is 193 Å². The minimum atomic E-state index is -1.21. The number of urea groups is 1. The summed E-state index contributed by atoms with van der Waals surface area (Å²) in [5.41, 5.74) is 6.40. The minimum absolute atomic E-state index is 0.0224. The smallest absolute Gasteiger partial charge is 0.326 e. The van der Waals surface area contributed by atoms with Crippen LogP contribution in [-0.2, 0) is 11.2 Å². The number of aliphatic imine (C=N–C) groups is 1. The van der Waals surface area contributed by atoms with Crippen molar-refractivity contribution in [2.24, 2.45) is 10.7 Å². The number of aliphatic hydroxyl groups excluding tert-OH is 1. The summed E-state index contributed by atoms with van der Waals surface area (Å²) in [4.78, 5) is 40.0. The second-order valence-corrected chi connectivity index (χ2v) is 7.34. The molecule has 1 aliphatic rings. The summed E-state index contributed by atoms with van der Waals surface area (Å²) in [6.07, 6.45) is -0.0690. The summed E-state index contributed by atoms with van der Waals surface area (Å²) < 4.78 is 0. The maximum atomic E-state index is 12.5. The second kappa shape index (κ2) is 10.2. The molecule has 3 amide bonds. The van der Waals surface area contributed by atoms with Crippen LogP contribution in [0.5, 0.6) is 5.75 Å². The van der Waals surface area contributed by atoms with Gasteiger partial charge < -0.3 is 37.0 Å². The molecule has 0 saturated carbocycles. The van der Waals surface area contributed by atoms with E-state index >= 15 is 0 Å². The fourth-order valence-electron chi connectivity index (χ4n) is 3.06. The first-order valence-electron chi connectivity index (χ1n) is 9.96. The molecule has 0 unspecified atom stereocenters. The number of aliphatic hydroxyl groups is 1. The molecule has 3 rings (SSSR count). The van der Waals surface area contributed by atoms with Crippen molar-refractivity contribution in [3.8, 4) is 5.75 Å². The number of rotatable bonds is 7. The number of carboxylic acid groups (broad SMARTS) is 1. The van der Waals surface area contributed by atoms with Crippen LogP contribution < -0.4 is 21.7 Å². The average Bonchev–Trinajstić information content (AvgIpc) is 2.77. The van der Waals surface area contributed by atoms with Gasteiger partial charge in [-0.1, -0.05) is 12.1 Å². The first kappa shape index (κ1) is 23.8. The highest BCUT2D eigenvalue weighted by Gasteiger charge is 2.22. The molecule has 176 valence electrons. The number of phenols is 1. The first-order chi connectivity index (χ1) is 16.1. The van der Waals surface area contributed by atoms with E-state index in [0.717, 1.165) is 0 Å². The maximum Gasteiger partial charge on any atom is 0.326 e. The molecule has 0 fully saturated rings. The molecule has 34 heavy (non-hydrogen) atoms. The third-order valence-electron chi connectivity index (χ3n) is 4.75. The van der Waals surface area contributed by atoms with E-state index in [9.17, 15) is 29.7 Å². The van der Waals surface area contributed by atoms with E-state index in [2.05, 4.69) is 20.9 Å². The molecule has 1 aliphatic heterocycles. The lowest BCUT2D eigenvalue weighted by Crippen LogP contribution is -2.42. The summed E-state index contributed by atoms with van der Waals surface area (Å²) in [5, 5.41) is 43.6. The zero-order valence-electron chi connectivity index (χ0n) is 17.7. The van der Waals surface area contributed by atoms with Crippen LogP contribution in [0.25, 0.3) is 0 Å². The number of anilines is 1. The number of benzene rings is 2. The lowest BCUT2D eigenvalue weighted by atomic mass is 10.1. The summed E-state index contributed by atoms with van der Waals surface area (Å²) >= 11 is 0. The Morgan fingerprint density at radius 3 is 2.26 bits per heavy atom. The van der Waals surface area contributed by atoms with Crippen molar-refractivity contribution < 1.29 is 29.7 Å². The molecule has 12 nitrogen and oxygen atoms in total. The molecule has 1 heterocycles. The summed E-state index contributed by atoms with van der Waals surface area (Å²) in [5.74, 6) is -2.42. The fourth-order valence-corrected chi connectivity index (χ4v) is 3.06. The molecule has 0 aromatic heterocycles. The molecular weight excluding hydrogens is 444 g/mol. The Morgan fingerprint density at radius 2 is 1.68 bits per heavy atom. The number of carbonyl (C=O) groups excluding carboxylic acids is 2. The maximum absolute atomic E-state index is 12.5. The van der Waals surface area contributed by atoms with Crippen LogP contribution in [0.1, 0.15) is 22.3 Å². The number of amides is 3. The van der Waals surface area contributed by atoms with Gasteiger partial charge in [-0.3, -0.25) is 10.2 Å². The van der Waals surface area contributed by atoms with Gasteiger partial charge in [-0.15, -0.1) is 0 Å². The molecule has 0 spiro atoms. The number of nitrogens with two attached hydrogens (primary N) is 1. The van der Waals surface area contributed by atoms with Crippen molar-refractivity contribution in [1.29, 1.82) is 5.41 Å². The van der Waals surface area contributed by atoms with E-state index < -0.39 is 23.9 Å². The van der Waals surface area contributed by atoms with Gasteiger partial charge in [0.25, 0.3) is 5.91 Å². The van der Waals surface area contributed by atoms with Gasteiger partial charge in [0.15, 0.2) is 5.84 Å². The van der Waals surface area contributed by atoms with E-state index in [1.54, 1.807) is 12.1 Å². The van der Waals surface area contributed by atoms with E-state index in [4.69, 9.17) is 11.1 Å². The van der Waals surface area contributed by atoms with Crippen molar-refractivity contribution in [2.45, 2.75) is 18.9 Å². The number of amidine groups is 2. The third kappa shape index (κ3) is 6.09. The predicted molar refractivity (Wildman–Crippen MR) is 123 cm³/mol. The number of nitrogens with zero attached hydrogens (tertiary/aromatic N) is 1. The minimum Gasteiger partial charge on any atom is -0.510 e. The highest BCUT2D eigenvalue weighted by molar-refractivity contribution is 6.10. The highest BCUT2D eigenvalue weighted by Crippen LogP contribution is 2.14. The number of nitrogens with one attached hydrogen (secondary N) is 4. The zero-order chi connectivity index (χ0) is 24.8. The van der Waals surface area contributed by atoms with E-state index in [-0.39, 0.29) is 47.3 Å². The lowest BCUT2D eigenvalue weighted by Gasteiger charge is -2.16. The SMILES string of the molecule is N=C1N=C(N)CC(O)=C1NC(=O)Nc1ccc(C(=O)N[C@@H](Cc2ccc(O)cc2)C(=O)O)cc1. The number of aromatic hydroxyl groups is 1. The molecule has 1 atom stereocenters. The Bertz CT molecular complexity index is 1190. The standard InChI is InChI=1S/C22H22N6O6/c23-17-10-16(30)18(19(24)27-17)28-22(34)25-13-5-3-12(4-6-13)20(31)26-15(21(32)33)9-11-1-7-14(29)8-2-11/h1-8,15,29-30H,9-10H2,(H,26,31)(H,32,33)(H3,23,24,27)(H2,25,28,34)/t15-/m0/s1. The van der Waals surface area contributed by atoms with Crippen LogP contribution in [0.2, 0.25) is 0 Å². The average molecular weight is 466 g/mol. The van der Waals surface area contributed by atoms with Crippen molar-refractivity contribution in [3.63, 3.8) is 0 Å². The number of carbonyl (C=O) groups is 3. The number of phenolic OH excluding ortho intramolecular Hbond substituents is 1. The molecule has 12 heteroatoms. The third-order valence-corrected chi connectivity index (χ3v) is 4.75. The second-order valence-electron chi connectivity index (χ2n) is 7.34. The molecule has 2 aromatic carbocycles. The van der Waals surface area contributed by atoms with E-state index in [1.165, 1.54) is 36.4 Å². The van der Waals surface area contributed by atoms with E-state index in [0.29, 0.717) is 11.3 Å². The Balaban J connectivity index is 1.59. The first-order valence-corrected chi connectivity index (χ1v) is 9.96. The van der Waals surface area contributed by atoms with Crippen LogP contribution in [0, 0.1) is 5.41 Å². The van der Waals surface area contributed by atoms with Gasteiger partial charge in [-0.25, -0.2) is 14.6 Å². The molecule has 0 aliphatic carbocycles. The van der Waals surface area contributed by atoms with Crippen LogP contribution in [0.15, 0.2) is 65.0 Å². The number of dihydropyridines is 1. The number of aliphatic carboxylic acids is 1. The van der Waals surface area contributed by atoms with Crippen molar-refractivity contribution in [1.82, 2.24) is 10.6 Å². The van der Waals surface area contributed by atoms with Gasteiger partial charge in [0.2, 0.25) is 0 Å². The molecular formula is C22H22N6O6. The van der Waals surface area contributed by atoms with Crippen LogP contribution in [-0.4, -0.2) is 50.9 Å². The normalized spacial score (nSPS) is 14.1. The fraction of sp³-hybridized carbons (Fsp3) is 0.136. The van der Waals surface area contributed by atoms with Gasteiger partial charge >= 0.3 is 12.0 Å². The van der Waals surface area contributed by atoms with Gasteiger partial charge in [0.05, 0.1) is 6.42 Å². The van der Waals surface area contributed by atoms with Crippen molar-refractivity contribution >= 4 is 35.3 Å².